The summed E-state index contributed by atoms with van der Waals surface area (Å²) in [5.74, 6) is -3.55. The molecule has 2 aromatic carbocycles. The van der Waals surface area contributed by atoms with E-state index in [4.69, 9.17) is 5.73 Å². The van der Waals surface area contributed by atoms with Gasteiger partial charge in [0.15, 0.2) is 17.5 Å². The maximum atomic E-state index is 13.6. The van der Waals surface area contributed by atoms with Crippen molar-refractivity contribution >= 4 is 27.7 Å². The first-order valence-electron chi connectivity index (χ1n) is 5.76. The molecule has 6 heteroatoms. The molecule has 0 radical (unpaired) electrons. The molecule has 20 heavy (non-hydrogen) atoms. The summed E-state index contributed by atoms with van der Waals surface area (Å²) in [6.45, 7) is 0. The summed E-state index contributed by atoms with van der Waals surface area (Å²) in [7, 11) is 0. The minimum absolute atomic E-state index is 0.0219. The highest BCUT2D eigenvalue weighted by Crippen LogP contribution is 2.27. The number of rotatable bonds is 4. The largest absolute Gasteiger partial charge is 0.323 e. The molecule has 0 aliphatic heterocycles. The number of thioether (sulfide) groups is 1. The highest BCUT2D eigenvalue weighted by atomic mass is 79.9. The quantitative estimate of drug-likeness (QED) is 0.633. The fraction of sp³-hybridized carbons (Fsp3) is 0.143. The third kappa shape index (κ3) is 3.56. The maximum absolute atomic E-state index is 13.6. The Morgan fingerprint density at radius 3 is 2.55 bits per heavy atom. The summed E-state index contributed by atoms with van der Waals surface area (Å²) in [6.07, 6.45) is 0. The molecule has 1 unspecified atom stereocenters. The van der Waals surface area contributed by atoms with Crippen LogP contribution in [-0.4, -0.2) is 5.75 Å². The molecule has 0 heterocycles. The summed E-state index contributed by atoms with van der Waals surface area (Å²) in [5.41, 5.74) is 5.82. The van der Waals surface area contributed by atoms with E-state index in [9.17, 15) is 13.2 Å². The molecule has 0 amide bonds. The van der Waals surface area contributed by atoms with E-state index in [0.717, 1.165) is 15.4 Å². The van der Waals surface area contributed by atoms with Gasteiger partial charge in [-0.05, 0) is 24.3 Å². The number of benzene rings is 2. The molecule has 0 aliphatic rings. The second kappa shape index (κ2) is 6.65. The number of hydrogen-bond acceptors (Lipinski definition) is 2. The Morgan fingerprint density at radius 2 is 1.85 bits per heavy atom. The second-order valence-electron chi connectivity index (χ2n) is 4.14. The van der Waals surface area contributed by atoms with Gasteiger partial charge in [0.1, 0.15) is 0 Å². The van der Waals surface area contributed by atoms with Crippen molar-refractivity contribution in [2.75, 3.05) is 5.75 Å². The van der Waals surface area contributed by atoms with Crippen LogP contribution in [-0.2, 0) is 0 Å². The van der Waals surface area contributed by atoms with Gasteiger partial charge < -0.3 is 5.73 Å². The topological polar surface area (TPSA) is 26.0 Å². The minimum Gasteiger partial charge on any atom is -0.323 e. The lowest BCUT2D eigenvalue weighted by Gasteiger charge is -2.13. The Morgan fingerprint density at radius 1 is 1.10 bits per heavy atom. The zero-order chi connectivity index (χ0) is 14.7. The van der Waals surface area contributed by atoms with Gasteiger partial charge in [0.2, 0.25) is 0 Å². The minimum atomic E-state index is -1.48. The molecule has 1 nitrogen and oxygen atoms in total. The number of nitrogens with two attached hydrogens (primary N) is 1. The third-order valence-corrected chi connectivity index (χ3v) is 4.30. The van der Waals surface area contributed by atoms with E-state index in [2.05, 4.69) is 15.9 Å². The number of hydrogen-bond donors (Lipinski definition) is 1. The molecule has 106 valence electrons. The molecule has 0 bridgehead atoms. The van der Waals surface area contributed by atoms with Crippen LogP contribution in [0.5, 0.6) is 0 Å². The molecular formula is C14H11BrF3NS. The fourth-order valence-electron chi connectivity index (χ4n) is 1.66. The van der Waals surface area contributed by atoms with E-state index in [1.807, 2.05) is 24.3 Å². The van der Waals surface area contributed by atoms with Gasteiger partial charge in [-0.3, -0.25) is 0 Å². The van der Waals surface area contributed by atoms with Crippen LogP contribution in [0.1, 0.15) is 11.6 Å². The molecule has 0 spiro atoms. The lowest BCUT2D eigenvalue weighted by molar-refractivity contribution is 0.437. The SMILES string of the molecule is NC(CSc1cccc(Br)c1)c1ccc(F)c(F)c1F. The van der Waals surface area contributed by atoms with Gasteiger partial charge in [0, 0.05) is 26.7 Å². The predicted octanol–water partition coefficient (Wildman–Crippen LogP) is 4.66. The van der Waals surface area contributed by atoms with E-state index in [1.54, 1.807) is 0 Å². The third-order valence-electron chi connectivity index (χ3n) is 2.69. The van der Waals surface area contributed by atoms with Crippen LogP contribution in [0.3, 0.4) is 0 Å². The Hall–Kier alpha value is -0.980. The van der Waals surface area contributed by atoms with Crippen LogP contribution in [0.15, 0.2) is 45.8 Å². The zero-order valence-corrected chi connectivity index (χ0v) is 12.6. The molecule has 2 aromatic rings. The van der Waals surface area contributed by atoms with Crippen molar-refractivity contribution in [3.05, 3.63) is 63.9 Å². The van der Waals surface area contributed by atoms with Gasteiger partial charge in [-0.1, -0.05) is 28.1 Å². The summed E-state index contributed by atoms with van der Waals surface area (Å²) in [5, 5.41) is 0. The van der Waals surface area contributed by atoms with Gasteiger partial charge in [0.25, 0.3) is 0 Å². The first-order valence-corrected chi connectivity index (χ1v) is 7.54. The first kappa shape index (κ1) is 15.4. The van der Waals surface area contributed by atoms with Gasteiger partial charge >= 0.3 is 0 Å². The lowest BCUT2D eigenvalue weighted by atomic mass is 10.1. The van der Waals surface area contributed by atoms with Gasteiger partial charge in [-0.2, -0.15) is 0 Å². The number of halogens is 4. The molecule has 0 fully saturated rings. The van der Waals surface area contributed by atoms with Crippen molar-refractivity contribution in [1.29, 1.82) is 0 Å². The molecule has 0 aliphatic carbocycles. The van der Waals surface area contributed by atoms with E-state index < -0.39 is 23.5 Å². The van der Waals surface area contributed by atoms with Crippen LogP contribution < -0.4 is 5.73 Å². The highest BCUT2D eigenvalue weighted by molar-refractivity contribution is 9.10. The van der Waals surface area contributed by atoms with Crippen molar-refractivity contribution in [3.8, 4) is 0 Å². The van der Waals surface area contributed by atoms with Gasteiger partial charge in [-0.25, -0.2) is 13.2 Å². The monoisotopic (exact) mass is 361 g/mol. The molecule has 2 N–H and O–H groups in total. The average molecular weight is 362 g/mol. The maximum Gasteiger partial charge on any atom is 0.194 e. The predicted molar refractivity (Wildman–Crippen MR) is 78.1 cm³/mol. The normalized spacial score (nSPS) is 12.4. The van der Waals surface area contributed by atoms with Gasteiger partial charge in [0.05, 0.1) is 0 Å². The van der Waals surface area contributed by atoms with E-state index in [0.29, 0.717) is 5.75 Å². The Bertz CT molecular complexity index is 621. The molecular weight excluding hydrogens is 351 g/mol. The Labute approximate surface area is 127 Å². The highest BCUT2D eigenvalue weighted by Gasteiger charge is 2.18. The van der Waals surface area contributed by atoms with Crippen molar-refractivity contribution < 1.29 is 13.2 Å². The second-order valence-corrected chi connectivity index (χ2v) is 6.15. The summed E-state index contributed by atoms with van der Waals surface area (Å²) in [4.78, 5) is 0.956. The lowest BCUT2D eigenvalue weighted by Crippen LogP contribution is -2.16. The van der Waals surface area contributed by atoms with Crippen molar-refractivity contribution in [3.63, 3.8) is 0 Å². The van der Waals surface area contributed by atoms with E-state index >= 15 is 0 Å². The molecule has 1 atom stereocenters. The Kier molecular flexibility index (Phi) is 5.12. The van der Waals surface area contributed by atoms with Crippen LogP contribution in [0.4, 0.5) is 13.2 Å². The van der Waals surface area contributed by atoms with Crippen LogP contribution in [0, 0.1) is 17.5 Å². The van der Waals surface area contributed by atoms with Crippen LogP contribution >= 0.6 is 27.7 Å². The van der Waals surface area contributed by atoms with Crippen molar-refractivity contribution in [2.45, 2.75) is 10.9 Å². The van der Waals surface area contributed by atoms with Crippen molar-refractivity contribution in [1.82, 2.24) is 0 Å². The summed E-state index contributed by atoms with van der Waals surface area (Å²) >= 11 is 4.77. The van der Waals surface area contributed by atoms with Gasteiger partial charge in [-0.15, -0.1) is 11.8 Å². The molecule has 2 rings (SSSR count). The van der Waals surface area contributed by atoms with E-state index in [1.165, 1.54) is 17.8 Å². The van der Waals surface area contributed by atoms with Crippen LogP contribution in [0.2, 0.25) is 0 Å². The fourth-order valence-corrected chi connectivity index (χ4v) is 3.15. The smallest absolute Gasteiger partial charge is 0.194 e. The first-order chi connectivity index (χ1) is 9.49. The van der Waals surface area contributed by atoms with Crippen molar-refractivity contribution in [2.24, 2.45) is 5.73 Å². The van der Waals surface area contributed by atoms with Crippen LogP contribution in [0.25, 0.3) is 0 Å². The average Bonchev–Trinajstić information content (AvgIpc) is 2.42. The molecule has 0 saturated carbocycles. The standard InChI is InChI=1S/C14H11BrF3NS/c15-8-2-1-3-9(6-8)20-7-12(19)10-4-5-11(16)14(18)13(10)17/h1-6,12H,7,19H2. The Balaban J connectivity index is 2.09. The zero-order valence-electron chi connectivity index (χ0n) is 10.2. The molecule has 0 saturated heterocycles. The molecule has 0 aromatic heterocycles. The van der Waals surface area contributed by atoms with E-state index in [-0.39, 0.29) is 5.56 Å². The summed E-state index contributed by atoms with van der Waals surface area (Å²) in [6, 6.07) is 8.91. The summed E-state index contributed by atoms with van der Waals surface area (Å²) < 4.78 is 40.5.